The molecule has 0 aromatic rings. The second kappa shape index (κ2) is 20.2. The molecular weight excluding hydrogens is 307 g/mol. The van der Waals surface area contributed by atoms with Crippen molar-refractivity contribution >= 4 is 8.25 Å². The molecule has 1 unspecified atom stereocenters. The highest BCUT2D eigenvalue weighted by atomic mass is 31.1. The van der Waals surface area contributed by atoms with Gasteiger partial charge in [-0.3, -0.25) is 4.57 Å². The van der Waals surface area contributed by atoms with Crippen molar-refractivity contribution in [2.75, 3.05) is 13.7 Å². The normalized spacial score (nSPS) is 12.6. The van der Waals surface area contributed by atoms with E-state index in [4.69, 9.17) is 4.52 Å². The van der Waals surface area contributed by atoms with Crippen molar-refractivity contribution in [2.24, 2.45) is 0 Å². The molecule has 0 aliphatic rings. The third-order valence-corrected chi connectivity index (χ3v) is 5.16. The van der Waals surface area contributed by atoms with Gasteiger partial charge in [0, 0.05) is 7.11 Å². The average Bonchev–Trinajstić information content (AvgIpc) is 2.57. The van der Waals surface area contributed by atoms with Crippen LogP contribution in [0.25, 0.3) is 0 Å². The van der Waals surface area contributed by atoms with Crippen LogP contribution in [0.15, 0.2) is 0 Å². The molecule has 0 aromatic carbocycles. The predicted molar refractivity (Wildman–Crippen MR) is 102 cm³/mol. The van der Waals surface area contributed by atoms with Crippen LogP contribution in [0.2, 0.25) is 0 Å². The lowest BCUT2D eigenvalue weighted by atomic mass is 10.0. The van der Waals surface area contributed by atoms with E-state index in [1.807, 2.05) is 0 Å². The Bertz CT molecular complexity index is 247. The van der Waals surface area contributed by atoms with Gasteiger partial charge in [-0.2, -0.15) is 0 Å². The van der Waals surface area contributed by atoms with Gasteiger partial charge in [0.1, 0.15) is 0 Å². The predicted octanol–water partition coefficient (Wildman–Crippen LogP) is 7.30. The quantitative estimate of drug-likeness (QED) is 0.181. The fourth-order valence-electron chi connectivity index (χ4n) is 2.86. The van der Waals surface area contributed by atoms with Crippen molar-refractivity contribution in [3.05, 3.63) is 0 Å². The maximum Gasteiger partial charge on any atom is 0.318 e. The lowest BCUT2D eigenvalue weighted by Crippen LogP contribution is -1.88. The van der Waals surface area contributed by atoms with E-state index in [1.165, 1.54) is 103 Å². The lowest BCUT2D eigenvalue weighted by molar-refractivity contribution is 0.250. The van der Waals surface area contributed by atoms with Gasteiger partial charge in [0.25, 0.3) is 0 Å². The molecule has 0 heterocycles. The van der Waals surface area contributed by atoms with E-state index < -0.39 is 8.25 Å². The van der Waals surface area contributed by atoms with E-state index in [-0.39, 0.29) is 0 Å². The summed E-state index contributed by atoms with van der Waals surface area (Å²) in [5.74, 6) is 0. The Morgan fingerprint density at radius 3 is 1.30 bits per heavy atom. The monoisotopic (exact) mass is 348 g/mol. The van der Waals surface area contributed by atoms with E-state index in [1.54, 1.807) is 0 Å². The highest BCUT2D eigenvalue weighted by Crippen LogP contribution is 2.22. The Morgan fingerprint density at radius 2 is 0.957 bits per heavy atom. The van der Waals surface area contributed by atoms with Gasteiger partial charge in [-0.15, -0.1) is 0 Å². The van der Waals surface area contributed by atoms with Crippen molar-refractivity contribution in [1.82, 2.24) is 0 Å². The van der Waals surface area contributed by atoms with E-state index in [9.17, 15) is 4.57 Å². The summed E-state index contributed by atoms with van der Waals surface area (Å²) in [5, 5.41) is 0. The molecule has 0 rings (SSSR count). The van der Waals surface area contributed by atoms with Gasteiger partial charge in [0.05, 0.1) is 6.61 Å². The topological polar surface area (TPSA) is 35.5 Å². The van der Waals surface area contributed by atoms with Crippen molar-refractivity contribution in [1.29, 1.82) is 0 Å². The minimum atomic E-state index is -2.20. The molecule has 0 aliphatic heterocycles. The van der Waals surface area contributed by atoms with Gasteiger partial charge in [-0.05, 0) is 6.42 Å². The van der Waals surface area contributed by atoms with Crippen LogP contribution in [0, 0.1) is 0 Å². The summed E-state index contributed by atoms with van der Waals surface area (Å²) in [6.07, 6.45) is 21.8. The standard InChI is InChI=1S/C19H41O3P/c1-3-4-5-6-7-8-9-10-11-12-13-14-15-16-17-18-19-22-23(20)21-2/h23H,3-19H2,1-2H3. The van der Waals surface area contributed by atoms with E-state index in [0.717, 1.165) is 6.42 Å². The molecule has 0 aliphatic carbocycles. The van der Waals surface area contributed by atoms with Crippen molar-refractivity contribution < 1.29 is 13.6 Å². The third-order valence-electron chi connectivity index (χ3n) is 4.38. The Hall–Kier alpha value is 0.150. The summed E-state index contributed by atoms with van der Waals surface area (Å²) >= 11 is 0. The number of rotatable bonds is 19. The van der Waals surface area contributed by atoms with Gasteiger partial charge in [0.15, 0.2) is 0 Å². The maximum atomic E-state index is 10.9. The van der Waals surface area contributed by atoms with E-state index in [0.29, 0.717) is 6.61 Å². The van der Waals surface area contributed by atoms with Crippen LogP contribution in [0.5, 0.6) is 0 Å². The first-order chi connectivity index (χ1) is 11.3. The largest absolute Gasteiger partial charge is 0.318 e. The van der Waals surface area contributed by atoms with Crippen molar-refractivity contribution in [3.8, 4) is 0 Å². The van der Waals surface area contributed by atoms with Gasteiger partial charge in [-0.1, -0.05) is 103 Å². The molecule has 0 aromatic heterocycles. The summed E-state index contributed by atoms with van der Waals surface area (Å²) in [4.78, 5) is 0. The van der Waals surface area contributed by atoms with E-state index in [2.05, 4.69) is 11.4 Å². The third kappa shape index (κ3) is 20.1. The highest BCUT2D eigenvalue weighted by molar-refractivity contribution is 7.33. The molecule has 0 N–H and O–H groups in total. The van der Waals surface area contributed by atoms with Gasteiger partial charge in [0.2, 0.25) is 0 Å². The Balaban J connectivity index is 2.99. The van der Waals surface area contributed by atoms with Crippen LogP contribution in [-0.2, 0) is 13.6 Å². The molecule has 0 spiro atoms. The molecule has 0 bridgehead atoms. The summed E-state index contributed by atoms with van der Waals surface area (Å²) < 4.78 is 20.6. The Morgan fingerprint density at radius 1 is 0.609 bits per heavy atom. The molecule has 0 amide bonds. The zero-order valence-corrected chi connectivity index (χ0v) is 16.7. The van der Waals surface area contributed by atoms with E-state index >= 15 is 0 Å². The summed E-state index contributed by atoms with van der Waals surface area (Å²) in [6, 6.07) is 0. The van der Waals surface area contributed by atoms with Crippen LogP contribution in [0.3, 0.4) is 0 Å². The Labute approximate surface area is 145 Å². The average molecular weight is 349 g/mol. The minimum absolute atomic E-state index is 0.573. The molecule has 0 saturated carbocycles. The van der Waals surface area contributed by atoms with Gasteiger partial charge in [-0.25, -0.2) is 0 Å². The maximum absolute atomic E-state index is 10.9. The summed E-state index contributed by atoms with van der Waals surface area (Å²) in [5.41, 5.74) is 0. The van der Waals surface area contributed by atoms with Crippen molar-refractivity contribution in [2.45, 2.75) is 110 Å². The molecule has 0 radical (unpaired) electrons. The summed E-state index contributed by atoms with van der Waals surface area (Å²) in [6.45, 7) is 2.85. The Kier molecular flexibility index (Phi) is 20.3. The van der Waals surface area contributed by atoms with Gasteiger partial charge >= 0.3 is 8.25 Å². The SMILES string of the molecule is CCCCCCCCCCCCCCCCCCO[PH](=O)OC. The first-order valence-corrected chi connectivity index (χ1v) is 11.2. The number of hydrogen-bond acceptors (Lipinski definition) is 3. The lowest BCUT2D eigenvalue weighted by Gasteiger charge is -2.04. The molecule has 0 saturated heterocycles. The highest BCUT2D eigenvalue weighted by Gasteiger charge is 1.97. The zero-order valence-electron chi connectivity index (χ0n) is 15.7. The fraction of sp³-hybridized carbons (Fsp3) is 1.00. The van der Waals surface area contributed by atoms with Crippen LogP contribution in [-0.4, -0.2) is 13.7 Å². The second-order valence-electron chi connectivity index (χ2n) is 6.61. The second-order valence-corrected chi connectivity index (χ2v) is 7.80. The van der Waals surface area contributed by atoms with Crippen LogP contribution < -0.4 is 0 Å². The smallest absolute Gasteiger partial charge is 0.314 e. The van der Waals surface area contributed by atoms with Crippen molar-refractivity contribution in [3.63, 3.8) is 0 Å². The molecule has 23 heavy (non-hydrogen) atoms. The van der Waals surface area contributed by atoms with Gasteiger partial charge < -0.3 is 9.05 Å². The number of hydrogen-bond donors (Lipinski definition) is 0. The molecule has 1 atom stereocenters. The molecule has 3 nitrogen and oxygen atoms in total. The number of unbranched alkanes of at least 4 members (excludes halogenated alkanes) is 15. The van der Waals surface area contributed by atoms with Crippen LogP contribution in [0.4, 0.5) is 0 Å². The zero-order chi connectivity index (χ0) is 17.0. The first kappa shape index (κ1) is 23.1. The summed E-state index contributed by atoms with van der Waals surface area (Å²) in [7, 11) is -0.773. The molecule has 140 valence electrons. The van der Waals surface area contributed by atoms with Crippen LogP contribution in [0.1, 0.15) is 110 Å². The molecular formula is C19H41O3P. The minimum Gasteiger partial charge on any atom is -0.314 e. The fourth-order valence-corrected chi connectivity index (χ4v) is 3.29. The van der Waals surface area contributed by atoms with Crippen LogP contribution >= 0.6 is 8.25 Å². The first-order valence-electron chi connectivity index (χ1n) is 10.0. The molecule has 4 heteroatoms. The molecule has 0 fully saturated rings.